The number of anilines is 1. The molecular formula is C13H18N4O2. The van der Waals surface area contributed by atoms with Crippen LogP contribution in [-0.4, -0.2) is 35.0 Å². The summed E-state index contributed by atoms with van der Waals surface area (Å²) in [6, 6.07) is 1.84. The van der Waals surface area contributed by atoms with Gasteiger partial charge in [0.05, 0.1) is 0 Å². The summed E-state index contributed by atoms with van der Waals surface area (Å²) < 4.78 is 0. The van der Waals surface area contributed by atoms with Crippen LogP contribution in [0.4, 0.5) is 5.82 Å². The molecule has 2 saturated heterocycles. The molecule has 0 radical (unpaired) electrons. The first-order valence-electron chi connectivity index (χ1n) is 6.74. The van der Waals surface area contributed by atoms with Gasteiger partial charge in [0.25, 0.3) is 5.56 Å². The number of rotatable bonds is 1. The highest BCUT2D eigenvalue weighted by Crippen LogP contribution is 2.27. The summed E-state index contributed by atoms with van der Waals surface area (Å²) in [5.41, 5.74) is -0.110. The number of aromatic nitrogens is 2. The zero-order valence-corrected chi connectivity index (χ0v) is 11.0. The first-order chi connectivity index (χ1) is 9.11. The average Bonchev–Trinajstić information content (AvgIpc) is 2.37. The number of carbonyl (C=O) groups is 1. The molecule has 0 saturated carbocycles. The fourth-order valence-electron chi connectivity index (χ4n) is 3.04. The van der Waals surface area contributed by atoms with Gasteiger partial charge in [0.2, 0.25) is 5.91 Å². The number of hydrogen-bond donors (Lipinski definition) is 2. The van der Waals surface area contributed by atoms with Crippen molar-refractivity contribution in [1.82, 2.24) is 15.3 Å². The number of nitrogens with zero attached hydrogens (tertiary/aromatic N) is 2. The number of H-pyrrole nitrogens is 1. The van der Waals surface area contributed by atoms with Gasteiger partial charge in [-0.3, -0.25) is 9.59 Å². The summed E-state index contributed by atoms with van der Waals surface area (Å²) >= 11 is 0. The molecule has 1 aromatic rings. The van der Waals surface area contributed by atoms with Gasteiger partial charge in [0.15, 0.2) is 0 Å². The Kier molecular flexibility index (Phi) is 3.00. The summed E-state index contributed by atoms with van der Waals surface area (Å²) in [5.74, 6) is 2.02. The molecule has 0 aliphatic carbocycles. The van der Waals surface area contributed by atoms with Crippen LogP contribution in [0.1, 0.15) is 25.1 Å². The largest absolute Gasteiger partial charge is 0.356 e. The lowest BCUT2D eigenvalue weighted by Gasteiger charge is -2.41. The zero-order chi connectivity index (χ0) is 13.4. The molecule has 2 unspecified atom stereocenters. The van der Waals surface area contributed by atoms with E-state index in [0.29, 0.717) is 24.2 Å². The lowest BCUT2D eigenvalue weighted by Crippen LogP contribution is -2.54. The fourth-order valence-corrected chi connectivity index (χ4v) is 3.04. The number of nitrogens with one attached hydrogen (secondary N) is 2. The maximum atomic E-state index is 11.5. The van der Waals surface area contributed by atoms with E-state index in [1.807, 2.05) is 0 Å². The van der Waals surface area contributed by atoms with E-state index in [2.05, 4.69) is 20.2 Å². The maximum absolute atomic E-state index is 11.5. The third kappa shape index (κ3) is 2.47. The second-order valence-electron chi connectivity index (χ2n) is 5.40. The van der Waals surface area contributed by atoms with Crippen LogP contribution in [0.25, 0.3) is 0 Å². The molecule has 2 aliphatic heterocycles. The van der Waals surface area contributed by atoms with E-state index in [9.17, 15) is 9.59 Å². The topological polar surface area (TPSA) is 78.1 Å². The molecule has 2 N–H and O–H groups in total. The van der Waals surface area contributed by atoms with Gasteiger partial charge in [0, 0.05) is 31.6 Å². The fraction of sp³-hybridized carbons (Fsp3) is 0.615. The molecule has 6 heteroatoms. The molecule has 102 valence electrons. The van der Waals surface area contributed by atoms with Gasteiger partial charge in [0.1, 0.15) is 11.6 Å². The molecule has 0 spiro atoms. The summed E-state index contributed by atoms with van der Waals surface area (Å²) in [4.78, 5) is 32.1. The summed E-state index contributed by atoms with van der Waals surface area (Å²) in [6.07, 6.45) is 2.45. The summed E-state index contributed by atoms with van der Waals surface area (Å²) in [6.45, 7) is 3.48. The lowest BCUT2D eigenvalue weighted by molar-refractivity contribution is -0.124. The summed E-state index contributed by atoms with van der Waals surface area (Å²) in [5, 5.41) is 3.06. The predicted octanol–water partition coefficient (Wildman–Crippen LogP) is 0.183. The van der Waals surface area contributed by atoms with Gasteiger partial charge >= 0.3 is 0 Å². The van der Waals surface area contributed by atoms with Crippen molar-refractivity contribution in [2.75, 3.05) is 18.0 Å². The van der Waals surface area contributed by atoms with E-state index in [-0.39, 0.29) is 11.5 Å². The van der Waals surface area contributed by atoms with Crippen molar-refractivity contribution in [3.8, 4) is 0 Å². The van der Waals surface area contributed by atoms with Gasteiger partial charge in [-0.2, -0.15) is 0 Å². The minimum Gasteiger partial charge on any atom is -0.356 e. The normalized spacial score (nSPS) is 26.8. The van der Waals surface area contributed by atoms with Crippen molar-refractivity contribution in [1.29, 1.82) is 0 Å². The van der Waals surface area contributed by atoms with E-state index in [1.54, 1.807) is 13.0 Å². The Labute approximate surface area is 111 Å². The van der Waals surface area contributed by atoms with Crippen LogP contribution >= 0.6 is 0 Å². The van der Waals surface area contributed by atoms with Gasteiger partial charge in [-0.1, -0.05) is 0 Å². The minimum absolute atomic E-state index is 0.110. The second kappa shape index (κ2) is 4.68. The van der Waals surface area contributed by atoms with Crippen LogP contribution in [0.2, 0.25) is 0 Å². The molecule has 3 rings (SSSR count). The highest BCUT2D eigenvalue weighted by atomic mass is 16.1. The number of fused-ring (bicyclic) bond motifs is 1. The number of carbonyl (C=O) groups excluding carboxylic acids is 1. The van der Waals surface area contributed by atoms with Gasteiger partial charge in [-0.15, -0.1) is 0 Å². The number of hydrogen-bond acceptors (Lipinski definition) is 4. The first kappa shape index (κ1) is 12.2. The van der Waals surface area contributed by atoms with E-state index in [0.717, 1.165) is 31.7 Å². The molecule has 2 atom stereocenters. The predicted molar refractivity (Wildman–Crippen MR) is 71.1 cm³/mol. The Hall–Kier alpha value is -1.85. The Balaban J connectivity index is 1.77. The Morgan fingerprint density at radius 1 is 1.37 bits per heavy atom. The smallest absolute Gasteiger partial charge is 0.252 e. The van der Waals surface area contributed by atoms with Gasteiger partial charge < -0.3 is 15.2 Å². The van der Waals surface area contributed by atoms with Crippen molar-refractivity contribution < 1.29 is 4.79 Å². The van der Waals surface area contributed by atoms with Crippen LogP contribution in [-0.2, 0) is 4.79 Å². The van der Waals surface area contributed by atoms with Crippen LogP contribution < -0.4 is 15.8 Å². The monoisotopic (exact) mass is 262 g/mol. The van der Waals surface area contributed by atoms with Crippen molar-refractivity contribution in [2.24, 2.45) is 5.92 Å². The molecule has 19 heavy (non-hydrogen) atoms. The number of aromatic amines is 1. The van der Waals surface area contributed by atoms with E-state index >= 15 is 0 Å². The standard InChI is InChI=1S/C13H18N4O2/c1-8-14-11(6-13(19)15-8)17-5-4-10-9(7-17)2-3-12(18)16-10/h6,9-10H,2-5,7H2,1H3,(H,16,18)(H,14,15,19). The molecule has 3 heterocycles. The lowest BCUT2D eigenvalue weighted by atomic mass is 9.85. The van der Waals surface area contributed by atoms with Crippen molar-refractivity contribution in [2.45, 2.75) is 32.2 Å². The van der Waals surface area contributed by atoms with E-state index in [4.69, 9.17) is 0 Å². The Bertz CT molecular complexity index is 554. The van der Waals surface area contributed by atoms with Gasteiger partial charge in [-0.05, 0) is 25.7 Å². The average molecular weight is 262 g/mol. The zero-order valence-electron chi connectivity index (χ0n) is 11.0. The number of aryl methyl sites for hydroxylation is 1. The second-order valence-corrected chi connectivity index (χ2v) is 5.40. The van der Waals surface area contributed by atoms with Gasteiger partial charge in [-0.25, -0.2) is 4.98 Å². The Morgan fingerprint density at radius 2 is 2.21 bits per heavy atom. The minimum atomic E-state index is -0.110. The highest BCUT2D eigenvalue weighted by molar-refractivity contribution is 5.77. The summed E-state index contributed by atoms with van der Waals surface area (Å²) in [7, 11) is 0. The highest BCUT2D eigenvalue weighted by Gasteiger charge is 2.34. The number of piperidine rings is 2. The Morgan fingerprint density at radius 3 is 3.00 bits per heavy atom. The van der Waals surface area contributed by atoms with E-state index < -0.39 is 0 Å². The van der Waals surface area contributed by atoms with Crippen molar-refractivity contribution in [3.05, 3.63) is 22.2 Å². The van der Waals surface area contributed by atoms with E-state index in [1.165, 1.54) is 0 Å². The number of amides is 1. The molecular weight excluding hydrogens is 244 g/mol. The van der Waals surface area contributed by atoms with Crippen LogP contribution in [0.5, 0.6) is 0 Å². The molecule has 0 bridgehead atoms. The quantitative estimate of drug-likeness (QED) is 0.757. The van der Waals surface area contributed by atoms with Crippen molar-refractivity contribution in [3.63, 3.8) is 0 Å². The third-order valence-corrected chi connectivity index (χ3v) is 3.99. The van der Waals surface area contributed by atoms with Crippen molar-refractivity contribution >= 4 is 11.7 Å². The molecule has 1 amide bonds. The SMILES string of the molecule is Cc1nc(N2CCC3NC(=O)CCC3C2)cc(=O)[nH]1. The molecule has 6 nitrogen and oxygen atoms in total. The van der Waals surface area contributed by atoms with Crippen LogP contribution in [0.3, 0.4) is 0 Å². The van der Waals surface area contributed by atoms with Crippen LogP contribution in [0, 0.1) is 12.8 Å². The maximum Gasteiger partial charge on any atom is 0.252 e. The molecule has 0 aromatic carbocycles. The molecule has 1 aromatic heterocycles. The molecule has 2 aliphatic rings. The third-order valence-electron chi connectivity index (χ3n) is 3.99. The van der Waals surface area contributed by atoms with Crippen LogP contribution in [0.15, 0.2) is 10.9 Å². The molecule has 2 fully saturated rings. The first-order valence-corrected chi connectivity index (χ1v) is 6.74.